The van der Waals surface area contributed by atoms with Crippen LogP contribution in [0.3, 0.4) is 0 Å². The molecule has 3 rings (SSSR count). The van der Waals surface area contributed by atoms with Gasteiger partial charge in [-0.1, -0.05) is 12.1 Å². The molecule has 0 bridgehead atoms. The van der Waals surface area contributed by atoms with Crippen molar-refractivity contribution in [3.05, 3.63) is 47.3 Å². The minimum Gasteiger partial charge on any atom is -0.462 e. The highest BCUT2D eigenvalue weighted by molar-refractivity contribution is 5.92. The Bertz CT molecular complexity index is 795. The smallest absolute Gasteiger partial charge is 0.338 e. The maximum absolute atomic E-state index is 12.5. The van der Waals surface area contributed by atoms with E-state index in [0.717, 1.165) is 31.0 Å². The summed E-state index contributed by atoms with van der Waals surface area (Å²) < 4.78 is 10.3. The second kappa shape index (κ2) is 9.36. The maximum atomic E-state index is 12.5. The Balaban J connectivity index is 1.45. The fourth-order valence-corrected chi connectivity index (χ4v) is 2.99. The average molecular weight is 386 g/mol. The third kappa shape index (κ3) is 5.32. The lowest BCUT2D eigenvalue weighted by molar-refractivity contribution is 0.0505. The van der Waals surface area contributed by atoms with Gasteiger partial charge in [0, 0.05) is 37.9 Å². The van der Waals surface area contributed by atoms with Crippen LogP contribution in [-0.2, 0) is 11.3 Å². The van der Waals surface area contributed by atoms with Crippen molar-refractivity contribution in [1.29, 1.82) is 0 Å². The molecule has 2 amide bonds. The van der Waals surface area contributed by atoms with Crippen LogP contribution >= 0.6 is 0 Å². The fourth-order valence-electron chi connectivity index (χ4n) is 2.99. The standard InChI is InChI=1S/C20H26N4O4/c1-3-12-27-19(25)16-4-6-17(7-5-16)21-20(26)24-10-8-23(9-11-24)14-18-13-15(2)22-28-18/h4-7,13H,3,8-12,14H2,1-2H3,(H,21,26). The van der Waals surface area contributed by atoms with Crippen molar-refractivity contribution in [2.45, 2.75) is 26.8 Å². The van der Waals surface area contributed by atoms with Crippen LogP contribution < -0.4 is 5.32 Å². The molecule has 1 aromatic heterocycles. The topological polar surface area (TPSA) is 87.9 Å². The molecule has 0 spiro atoms. The van der Waals surface area contributed by atoms with Gasteiger partial charge in [0.15, 0.2) is 5.76 Å². The summed E-state index contributed by atoms with van der Waals surface area (Å²) in [5.41, 5.74) is 2.00. The monoisotopic (exact) mass is 386 g/mol. The normalized spacial score (nSPS) is 14.7. The average Bonchev–Trinajstić information content (AvgIpc) is 3.11. The van der Waals surface area contributed by atoms with Gasteiger partial charge in [0.2, 0.25) is 0 Å². The van der Waals surface area contributed by atoms with Crippen molar-refractivity contribution in [2.24, 2.45) is 0 Å². The summed E-state index contributed by atoms with van der Waals surface area (Å²) >= 11 is 0. The van der Waals surface area contributed by atoms with Crippen LogP contribution in [0.15, 0.2) is 34.9 Å². The van der Waals surface area contributed by atoms with E-state index in [0.29, 0.717) is 37.5 Å². The second-order valence-corrected chi connectivity index (χ2v) is 6.84. The zero-order chi connectivity index (χ0) is 19.9. The Kier molecular flexibility index (Phi) is 6.65. The number of carbonyl (C=O) groups excluding carboxylic acids is 2. The van der Waals surface area contributed by atoms with E-state index in [1.807, 2.05) is 19.9 Å². The molecule has 1 N–H and O–H groups in total. The van der Waals surface area contributed by atoms with Crippen LogP contribution in [0.1, 0.15) is 35.2 Å². The highest BCUT2D eigenvalue weighted by Crippen LogP contribution is 2.14. The molecule has 0 atom stereocenters. The molecular formula is C20H26N4O4. The van der Waals surface area contributed by atoms with E-state index in [9.17, 15) is 9.59 Å². The number of nitrogens with one attached hydrogen (secondary N) is 1. The van der Waals surface area contributed by atoms with Gasteiger partial charge in [-0.2, -0.15) is 0 Å². The van der Waals surface area contributed by atoms with E-state index >= 15 is 0 Å². The summed E-state index contributed by atoms with van der Waals surface area (Å²) in [6, 6.07) is 8.53. The van der Waals surface area contributed by atoms with Crippen molar-refractivity contribution < 1.29 is 18.8 Å². The van der Waals surface area contributed by atoms with Gasteiger partial charge in [0.1, 0.15) is 0 Å². The Morgan fingerprint density at radius 3 is 2.50 bits per heavy atom. The van der Waals surface area contributed by atoms with E-state index in [1.165, 1.54) is 0 Å². The van der Waals surface area contributed by atoms with E-state index in [1.54, 1.807) is 29.2 Å². The van der Waals surface area contributed by atoms with Gasteiger partial charge >= 0.3 is 12.0 Å². The zero-order valence-electron chi connectivity index (χ0n) is 16.3. The third-order valence-corrected chi connectivity index (χ3v) is 4.52. The number of esters is 1. The van der Waals surface area contributed by atoms with Crippen LogP contribution in [0.5, 0.6) is 0 Å². The van der Waals surface area contributed by atoms with Crippen molar-refractivity contribution in [2.75, 3.05) is 38.1 Å². The molecular weight excluding hydrogens is 360 g/mol. The van der Waals surface area contributed by atoms with Crippen LogP contribution in [-0.4, -0.2) is 59.7 Å². The first-order valence-corrected chi connectivity index (χ1v) is 9.53. The Morgan fingerprint density at radius 2 is 1.89 bits per heavy atom. The summed E-state index contributed by atoms with van der Waals surface area (Å²) in [5.74, 6) is 0.491. The SMILES string of the molecule is CCCOC(=O)c1ccc(NC(=O)N2CCN(Cc3cc(C)no3)CC2)cc1. The van der Waals surface area contributed by atoms with E-state index < -0.39 is 0 Å². The highest BCUT2D eigenvalue weighted by atomic mass is 16.5. The second-order valence-electron chi connectivity index (χ2n) is 6.84. The van der Waals surface area contributed by atoms with Crippen molar-refractivity contribution >= 4 is 17.7 Å². The third-order valence-electron chi connectivity index (χ3n) is 4.52. The van der Waals surface area contributed by atoms with Gasteiger partial charge in [0.25, 0.3) is 0 Å². The van der Waals surface area contributed by atoms with Crippen molar-refractivity contribution in [3.8, 4) is 0 Å². The molecule has 0 saturated carbocycles. The highest BCUT2D eigenvalue weighted by Gasteiger charge is 2.22. The number of aromatic nitrogens is 1. The number of ether oxygens (including phenoxy) is 1. The summed E-state index contributed by atoms with van der Waals surface area (Å²) in [5, 5.41) is 6.78. The number of hydrogen-bond acceptors (Lipinski definition) is 6. The molecule has 1 fully saturated rings. The van der Waals surface area contributed by atoms with Crippen LogP contribution in [0.25, 0.3) is 0 Å². The maximum Gasteiger partial charge on any atom is 0.338 e. The summed E-state index contributed by atoms with van der Waals surface area (Å²) in [7, 11) is 0. The van der Waals surface area contributed by atoms with Crippen LogP contribution in [0, 0.1) is 6.92 Å². The first kappa shape index (κ1) is 19.9. The lowest BCUT2D eigenvalue weighted by atomic mass is 10.2. The van der Waals surface area contributed by atoms with E-state index in [2.05, 4.69) is 15.4 Å². The molecule has 1 aromatic carbocycles. The number of benzene rings is 1. The Morgan fingerprint density at radius 1 is 1.18 bits per heavy atom. The summed E-state index contributed by atoms with van der Waals surface area (Å²) in [6.45, 7) is 7.77. The van der Waals surface area contributed by atoms with Gasteiger partial charge < -0.3 is 19.5 Å². The number of rotatable bonds is 6. The molecule has 1 saturated heterocycles. The fraction of sp³-hybridized carbons (Fsp3) is 0.450. The minimum absolute atomic E-state index is 0.142. The molecule has 2 heterocycles. The number of piperazine rings is 1. The Hall–Kier alpha value is -2.87. The first-order valence-electron chi connectivity index (χ1n) is 9.53. The molecule has 8 nitrogen and oxygen atoms in total. The van der Waals surface area contributed by atoms with Crippen LogP contribution in [0.4, 0.5) is 10.5 Å². The number of urea groups is 1. The molecule has 1 aliphatic heterocycles. The summed E-state index contributed by atoms with van der Waals surface area (Å²) in [6.07, 6.45) is 0.783. The van der Waals surface area contributed by atoms with Crippen molar-refractivity contribution in [1.82, 2.24) is 15.0 Å². The molecule has 0 radical (unpaired) electrons. The zero-order valence-corrected chi connectivity index (χ0v) is 16.3. The lowest BCUT2D eigenvalue weighted by Gasteiger charge is -2.34. The predicted molar refractivity (Wildman–Crippen MR) is 104 cm³/mol. The molecule has 1 aliphatic rings. The minimum atomic E-state index is -0.349. The number of carbonyl (C=O) groups is 2. The lowest BCUT2D eigenvalue weighted by Crippen LogP contribution is -2.49. The van der Waals surface area contributed by atoms with Gasteiger partial charge in [-0.25, -0.2) is 9.59 Å². The number of hydrogen-bond donors (Lipinski definition) is 1. The largest absolute Gasteiger partial charge is 0.462 e. The van der Waals surface area contributed by atoms with Crippen LogP contribution in [0.2, 0.25) is 0 Å². The molecule has 0 aliphatic carbocycles. The molecule has 8 heteroatoms. The molecule has 0 unspecified atom stereocenters. The molecule has 2 aromatic rings. The van der Waals surface area contributed by atoms with Gasteiger partial charge in [-0.05, 0) is 37.6 Å². The van der Waals surface area contributed by atoms with Gasteiger partial charge in [0.05, 0.1) is 24.4 Å². The molecule has 28 heavy (non-hydrogen) atoms. The Labute approximate surface area is 164 Å². The van der Waals surface area contributed by atoms with Crippen molar-refractivity contribution in [3.63, 3.8) is 0 Å². The van der Waals surface area contributed by atoms with E-state index in [4.69, 9.17) is 9.26 Å². The van der Waals surface area contributed by atoms with Gasteiger partial charge in [-0.3, -0.25) is 4.90 Å². The predicted octanol–water partition coefficient (Wildman–Crippen LogP) is 2.90. The number of nitrogens with zero attached hydrogens (tertiary/aromatic N) is 3. The first-order chi connectivity index (χ1) is 13.5. The number of anilines is 1. The van der Waals surface area contributed by atoms with E-state index in [-0.39, 0.29) is 12.0 Å². The quantitative estimate of drug-likeness (QED) is 0.768. The summed E-state index contributed by atoms with van der Waals surface area (Å²) in [4.78, 5) is 28.3. The number of amides is 2. The molecule has 150 valence electrons. The number of aryl methyl sites for hydroxylation is 1. The van der Waals surface area contributed by atoms with Gasteiger partial charge in [-0.15, -0.1) is 0 Å².